The summed E-state index contributed by atoms with van der Waals surface area (Å²) in [5.41, 5.74) is 0. The molecule has 2 atom stereocenters. The largest absolute Gasteiger partial charge is 0.393 e. The molecule has 0 aromatic carbocycles. The third-order valence-corrected chi connectivity index (χ3v) is 4.46. The second-order valence-electron chi connectivity index (χ2n) is 4.02. The molecular formula is C12H20BrNOS. The van der Waals surface area contributed by atoms with Crippen molar-refractivity contribution in [2.45, 2.75) is 45.3 Å². The number of hydrogen-bond acceptors (Lipinski definition) is 3. The molecular weight excluding hydrogens is 286 g/mol. The van der Waals surface area contributed by atoms with Gasteiger partial charge in [0.15, 0.2) is 0 Å². The average molecular weight is 306 g/mol. The third kappa shape index (κ3) is 4.95. The Balaban J connectivity index is 2.18. The van der Waals surface area contributed by atoms with E-state index in [1.165, 1.54) is 8.66 Å². The molecule has 0 aliphatic heterocycles. The Morgan fingerprint density at radius 2 is 2.25 bits per heavy atom. The SMILES string of the molecule is CCC(O)CCCNC(C)c1ccc(Br)s1. The molecule has 0 saturated carbocycles. The van der Waals surface area contributed by atoms with Crippen LogP contribution in [0.3, 0.4) is 0 Å². The lowest BCUT2D eigenvalue weighted by molar-refractivity contribution is 0.157. The maximum Gasteiger partial charge on any atom is 0.0701 e. The van der Waals surface area contributed by atoms with E-state index in [4.69, 9.17) is 0 Å². The van der Waals surface area contributed by atoms with Crippen LogP contribution >= 0.6 is 27.3 Å². The molecule has 0 aliphatic rings. The van der Waals surface area contributed by atoms with Crippen LogP contribution in [0, 0.1) is 0 Å². The maximum absolute atomic E-state index is 9.41. The van der Waals surface area contributed by atoms with E-state index in [1.54, 1.807) is 11.3 Å². The second-order valence-corrected chi connectivity index (χ2v) is 6.52. The number of nitrogens with one attached hydrogen (secondary N) is 1. The van der Waals surface area contributed by atoms with Crippen molar-refractivity contribution in [1.29, 1.82) is 0 Å². The Labute approximate surface area is 110 Å². The summed E-state index contributed by atoms with van der Waals surface area (Å²) in [6.45, 7) is 5.16. The summed E-state index contributed by atoms with van der Waals surface area (Å²) in [5.74, 6) is 0. The molecule has 1 heterocycles. The van der Waals surface area contributed by atoms with E-state index in [9.17, 15) is 5.11 Å². The Hall–Kier alpha value is 0.1000. The number of rotatable bonds is 7. The van der Waals surface area contributed by atoms with Crippen molar-refractivity contribution in [2.24, 2.45) is 0 Å². The lowest BCUT2D eigenvalue weighted by Crippen LogP contribution is -2.20. The van der Waals surface area contributed by atoms with Gasteiger partial charge in [-0.05, 0) is 60.8 Å². The van der Waals surface area contributed by atoms with Crippen LogP contribution in [0.2, 0.25) is 0 Å². The number of thiophene rings is 1. The van der Waals surface area contributed by atoms with E-state index >= 15 is 0 Å². The lowest BCUT2D eigenvalue weighted by atomic mass is 10.1. The first kappa shape index (κ1) is 14.2. The summed E-state index contributed by atoms with van der Waals surface area (Å²) >= 11 is 5.24. The fraction of sp³-hybridized carbons (Fsp3) is 0.667. The highest BCUT2D eigenvalue weighted by molar-refractivity contribution is 9.11. The van der Waals surface area contributed by atoms with Gasteiger partial charge in [-0.2, -0.15) is 0 Å². The van der Waals surface area contributed by atoms with Crippen LogP contribution in [-0.2, 0) is 0 Å². The minimum atomic E-state index is -0.131. The monoisotopic (exact) mass is 305 g/mol. The smallest absolute Gasteiger partial charge is 0.0701 e. The first-order chi connectivity index (χ1) is 7.63. The molecule has 2 N–H and O–H groups in total. The average Bonchev–Trinajstić information content (AvgIpc) is 2.70. The van der Waals surface area contributed by atoms with Gasteiger partial charge in [-0.1, -0.05) is 6.92 Å². The van der Waals surface area contributed by atoms with Crippen molar-refractivity contribution in [2.75, 3.05) is 6.54 Å². The highest BCUT2D eigenvalue weighted by Gasteiger charge is 2.07. The molecule has 1 aromatic heterocycles. The van der Waals surface area contributed by atoms with Gasteiger partial charge in [-0.25, -0.2) is 0 Å². The fourth-order valence-electron chi connectivity index (χ4n) is 1.52. The van der Waals surface area contributed by atoms with Crippen molar-refractivity contribution in [3.8, 4) is 0 Å². The summed E-state index contributed by atoms with van der Waals surface area (Å²) in [7, 11) is 0. The number of hydrogen-bond donors (Lipinski definition) is 2. The first-order valence-electron chi connectivity index (χ1n) is 5.80. The maximum atomic E-state index is 9.41. The molecule has 0 fully saturated rings. The molecule has 0 amide bonds. The van der Waals surface area contributed by atoms with Crippen molar-refractivity contribution >= 4 is 27.3 Å². The second kappa shape index (κ2) is 7.43. The van der Waals surface area contributed by atoms with E-state index in [0.717, 1.165) is 25.8 Å². The summed E-state index contributed by atoms with van der Waals surface area (Å²) < 4.78 is 1.18. The van der Waals surface area contributed by atoms with Crippen molar-refractivity contribution in [3.05, 3.63) is 20.8 Å². The quantitative estimate of drug-likeness (QED) is 0.753. The number of aliphatic hydroxyl groups is 1. The van der Waals surface area contributed by atoms with Gasteiger partial charge >= 0.3 is 0 Å². The highest BCUT2D eigenvalue weighted by Crippen LogP contribution is 2.26. The van der Waals surface area contributed by atoms with Crippen LogP contribution in [0.1, 0.15) is 44.0 Å². The van der Waals surface area contributed by atoms with Crippen LogP contribution in [0.25, 0.3) is 0 Å². The molecule has 0 saturated heterocycles. The molecule has 16 heavy (non-hydrogen) atoms. The Kier molecular flexibility index (Phi) is 6.58. The zero-order valence-electron chi connectivity index (χ0n) is 9.87. The standard InChI is InChI=1S/C12H20BrNOS/c1-3-10(15)5-4-8-14-9(2)11-6-7-12(13)16-11/h6-7,9-10,14-15H,3-5,8H2,1-2H3. The minimum Gasteiger partial charge on any atom is -0.393 e. The zero-order chi connectivity index (χ0) is 12.0. The van der Waals surface area contributed by atoms with Crippen molar-refractivity contribution < 1.29 is 5.11 Å². The van der Waals surface area contributed by atoms with Gasteiger partial charge in [-0.3, -0.25) is 0 Å². The van der Waals surface area contributed by atoms with E-state index in [0.29, 0.717) is 6.04 Å². The van der Waals surface area contributed by atoms with Gasteiger partial charge in [0.1, 0.15) is 0 Å². The molecule has 0 spiro atoms. The third-order valence-electron chi connectivity index (χ3n) is 2.66. The Morgan fingerprint density at radius 3 is 2.81 bits per heavy atom. The predicted octanol–water partition coefficient (Wildman–Crippen LogP) is 3.71. The van der Waals surface area contributed by atoms with Gasteiger partial charge in [0.05, 0.1) is 9.89 Å². The van der Waals surface area contributed by atoms with Crippen molar-refractivity contribution in [3.63, 3.8) is 0 Å². The topological polar surface area (TPSA) is 32.3 Å². The lowest BCUT2D eigenvalue weighted by Gasteiger charge is -2.13. The van der Waals surface area contributed by atoms with Gasteiger partial charge < -0.3 is 10.4 Å². The molecule has 0 bridgehead atoms. The first-order valence-corrected chi connectivity index (χ1v) is 7.41. The van der Waals surface area contributed by atoms with Gasteiger partial charge in [-0.15, -0.1) is 11.3 Å². The molecule has 2 unspecified atom stereocenters. The molecule has 0 aliphatic carbocycles. The zero-order valence-corrected chi connectivity index (χ0v) is 12.3. The highest BCUT2D eigenvalue weighted by atomic mass is 79.9. The van der Waals surface area contributed by atoms with Crippen LogP contribution in [0.5, 0.6) is 0 Å². The Bertz CT molecular complexity index is 303. The van der Waals surface area contributed by atoms with Gasteiger partial charge in [0.25, 0.3) is 0 Å². The van der Waals surface area contributed by atoms with Crippen molar-refractivity contribution in [1.82, 2.24) is 5.32 Å². The Morgan fingerprint density at radius 1 is 1.50 bits per heavy atom. The summed E-state index contributed by atoms with van der Waals surface area (Å²) in [6.07, 6.45) is 2.65. The van der Waals surface area contributed by atoms with E-state index in [-0.39, 0.29) is 6.10 Å². The van der Waals surface area contributed by atoms with Crippen LogP contribution in [0.4, 0.5) is 0 Å². The number of halogens is 1. The number of aliphatic hydroxyl groups excluding tert-OH is 1. The van der Waals surface area contributed by atoms with Crippen LogP contribution < -0.4 is 5.32 Å². The molecule has 1 aromatic rings. The van der Waals surface area contributed by atoms with Gasteiger partial charge in [0.2, 0.25) is 0 Å². The molecule has 0 radical (unpaired) electrons. The summed E-state index contributed by atoms with van der Waals surface area (Å²) in [6, 6.07) is 4.63. The van der Waals surface area contributed by atoms with E-state index in [1.807, 2.05) is 6.92 Å². The molecule has 2 nitrogen and oxygen atoms in total. The molecule has 92 valence electrons. The van der Waals surface area contributed by atoms with E-state index in [2.05, 4.69) is 40.3 Å². The van der Waals surface area contributed by atoms with E-state index < -0.39 is 0 Å². The summed E-state index contributed by atoms with van der Waals surface area (Å²) in [5, 5.41) is 12.9. The fourth-order valence-corrected chi connectivity index (χ4v) is 2.97. The predicted molar refractivity (Wildman–Crippen MR) is 74.0 cm³/mol. The van der Waals surface area contributed by atoms with Crippen LogP contribution in [0.15, 0.2) is 15.9 Å². The normalized spacial score (nSPS) is 15.0. The molecule has 1 rings (SSSR count). The van der Waals surface area contributed by atoms with Crippen LogP contribution in [-0.4, -0.2) is 17.8 Å². The molecule has 4 heteroatoms. The van der Waals surface area contributed by atoms with Gasteiger partial charge in [0, 0.05) is 10.9 Å². The minimum absolute atomic E-state index is 0.131. The summed E-state index contributed by atoms with van der Waals surface area (Å²) in [4.78, 5) is 1.35.